The summed E-state index contributed by atoms with van der Waals surface area (Å²) in [6, 6.07) is 6.56. The normalized spacial score (nSPS) is 13.9. The Hall–Kier alpha value is -1.11. The number of hydrogen-bond donors (Lipinski definition) is 0. The molecule has 2 rings (SSSR count). The van der Waals surface area contributed by atoms with Gasteiger partial charge in [-0.3, -0.25) is 4.79 Å². The number of rotatable bonds is 4. The summed E-state index contributed by atoms with van der Waals surface area (Å²) in [5.74, 6) is 0.371. The maximum absolute atomic E-state index is 11.5. The van der Waals surface area contributed by atoms with Gasteiger partial charge < -0.3 is 0 Å². The first-order valence-electron chi connectivity index (χ1n) is 5.92. The minimum Gasteiger partial charge on any atom is -0.299 e. The fourth-order valence-electron chi connectivity index (χ4n) is 2.33. The summed E-state index contributed by atoms with van der Waals surface area (Å²) < 4.78 is 0. The Morgan fingerprint density at radius 1 is 1.27 bits per heavy atom. The molecule has 1 aromatic rings. The zero-order valence-electron chi connectivity index (χ0n) is 9.38. The van der Waals surface area contributed by atoms with Crippen molar-refractivity contribution in [3.05, 3.63) is 34.9 Å². The number of carbonyl (C=O) groups is 1. The molecule has 15 heavy (non-hydrogen) atoms. The highest BCUT2D eigenvalue weighted by Crippen LogP contribution is 2.23. The Kier molecular flexibility index (Phi) is 3.20. The van der Waals surface area contributed by atoms with Crippen molar-refractivity contribution in [2.45, 2.75) is 45.4 Å². The minimum absolute atomic E-state index is 0.371. The van der Waals surface area contributed by atoms with Crippen molar-refractivity contribution in [2.75, 3.05) is 0 Å². The van der Waals surface area contributed by atoms with Crippen molar-refractivity contribution in [1.29, 1.82) is 0 Å². The highest BCUT2D eigenvalue weighted by molar-refractivity contribution is 5.80. The van der Waals surface area contributed by atoms with Crippen LogP contribution in [-0.4, -0.2) is 5.78 Å². The van der Waals surface area contributed by atoms with E-state index in [0.717, 1.165) is 12.8 Å². The van der Waals surface area contributed by atoms with Crippen molar-refractivity contribution in [3.63, 3.8) is 0 Å². The van der Waals surface area contributed by atoms with E-state index in [2.05, 4.69) is 25.1 Å². The Morgan fingerprint density at radius 3 is 2.87 bits per heavy atom. The highest BCUT2D eigenvalue weighted by atomic mass is 16.1. The molecule has 0 radical (unpaired) electrons. The van der Waals surface area contributed by atoms with Gasteiger partial charge in [0.1, 0.15) is 5.78 Å². The predicted molar refractivity (Wildman–Crippen MR) is 62.1 cm³/mol. The van der Waals surface area contributed by atoms with Crippen molar-refractivity contribution in [3.8, 4) is 0 Å². The maximum Gasteiger partial charge on any atom is 0.137 e. The zero-order valence-corrected chi connectivity index (χ0v) is 9.38. The second-order valence-corrected chi connectivity index (χ2v) is 4.42. The van der Waals surface area contributed by atoms with E-state index in [-0.39, 0.29) is 0 Å². The number of benzene rings is 1. The number of fused-ring (bicyclic) bond motifs is 1. The first-order valence-corrected chi connectivity index (χ1v) is 5.92. The first kappa shape index (κ1) is 10.4. The fraction of sp³-hybridized carbons (Fsp3) is 0.500. The van der Waals surface area contributed by atoms with Gasteiger partial charge in [-0.25, -0.2) is 0 Å². The number of aryl methyl sites for hydroxylation is 2. The van der Waals surface area contributed by atoms with E-state index < -0.39 is 0 Å². The average molecular weight is 202 g/mol. The molecule has 0 saturated heterocycles. The molecule has 80 valence electrons. The van der Waals surface area contributed by atoms with Crippen LogP contribution in [0, 0.1) is 0 Å². The Morgan fingerprint density at radius 2 is 2.07 bits per heavy atom. The summed E-state index contributed by atoms with van der Waals surface area (Å²) in [7, 11) is 0. The molecule has 0 spiro atoms. The van der Waals surface area contributed by atoms with E-state index in [1.807, 2.05) is 0 Å². The maximum atomic E-state index is 11.5. The lowest BCUT2D eigenvalue weighted by atomic mass is 10.0. The number of ketones is 1. The molecule has 0 saturated carbocycles. The van der Waals surface area contributed by atoms with Gasteiger partial charge in [0.05, 0.1) is 0 Å². The summed E-state index contributed by atoms with van der Waals surface area (Å²) in [5, 5.41) is 0. The van der Waals surface area contributed by atoms with E-state index in [1.54, 1.807) is 0 Å². The SMILES string of the molecule is CCCC(=O)Cc1ccc2c(c1)CCC2. The molecule has 1 aliphatic rings. The molecule has 1 nitrogen and oxygen atoms in total. The summed E-state index contributed by atoms with van der Waals surface area (Å²) >= 11 is 0. The van der Waals surface area contributed by atoms with Gasteiger partial charge in [-0.2, -0.15) is 0 Å². The van der Waals surface area contributed by atoms with Crippen LogP contribution >= 0.6 is 0 Å². The van der Waals surface area contributed by atoms with Crippen LogP contribution in [0.3, 0.4) is 0 Å². The van der Waals surface area contributed by atoms with Gasteiger partial charge in [-0.05, 0) is 42.4 Å². The first-order chi connectivity index (χ1) is 7.29. The van der Waals surface area contributed by atoms with Crippen LogP contribution in [-0.2, 0) is 24.1 Å². The third-order valence-electron chi connectivity index (χ3n) is 3.09. The molecule has 1 aromatic carbocycles. The highest BCUT2D eigenvalue weighted by Gasteiger charge is 2.11. The number of carbonyl (C=O) groups excluding carboxylic acids is 1. The number of Topliss-reactive ketones (excluding diaryl/α,β-unsaturated/α-hetero) is 1. The largest absolute Gasteiger partial charge is 0.299 e. The van der Waals surface area contributed by atoms with E-state index in [9.17, 15) is 4.79 Å². The second kappa shape index (κ2) is 4.61. The molecule has 0 fully saturated rings. The van der Waals surface area contributed by atoms with Crippen LogP contribution in [0.1, 0.15) is 42.9 Å². The van der Waals surface area contributed by atoms with Crippen LogP contribution in [0.4, 0.5) is 0 Å². The smallest absolute Gasteiger partial charge is 0.137 e. The lowest BCUT2D eigenvalue weighted by molar-refractivity contribution is -0.118. The molecule has 1 aliphatic carbocycles. The summed E-state index contributed by atoms with van der Waals surface area (Å²) in [6.07, 6.45) is 6.01. The Balaban J connectivity index is 2.06. The second-order valence-electron chi connectivity index (χ2n) is 4.42. The van der Waals surface area contributed by atoms with E-state index >= 15 is 0 Å². The molecule has 0 bridgehead atoms. The summed E-state index contributed by atoms with van der Waals surface area (Å²) in [6.45, 7) is 2.06. The van der Waals surface area contributed by atoms with Crippen LogP contribution < -0.4 is 0 Å². The van der Waals surface area contributed by atoms with Gasteiger partial charge in [-0.15, -0.1) is 0 Å². The molecule has 1 heteroatoms. The summed E-state index contributed by atoms with van der Waals surface area (Å²) in [5.41, 5.74) is 4.16. The van der Waals surface area contributed by atoms with Gasteiger partial charge in [0.2, 0.25) is 0 Å². The van der Waals surface area contributed by atoms with Crippen molar-refractivity contribution < 1.29 is 4.79 Å². The molecular weight excluding hydrogens is 184 g/mol. The molecule has 0 amide bonds. The molecule has 0 aliphatic heterocycles. The third-order valence-corrected chi connectivity index (χ3v) is 3.09. The van der Waals surface area contributed by atoms with Crippen molar-refractivity contribution >= 4 is 5.78 Å². The monoisotopic (exact) mass is 202 g/mol. The molecule has 0 atom stereocenters. The Bertz CT molecular complexity index is 366. The standard InChI is InChI=1S/C14H18O/c1-2-4-14(15)10-11-7-8-12-5-3-6-13(12)9-11/h7-9H,2-6,10H2,1H3. The van der Waals surface area contributed by atoms with Crippen molar-refractivity contribution in [2.24, 2.45) is 0 Å². The molecule has 0 N–H and O–H groups in total. The van der Waals surface area contributed by atoms with Crippen LogP contribution in [0.5, 0.6) is 0 Å². The van der Waals surface area contributed by atoms with Crippen LogP contribution in [0.25, 0.3) is 0 Å². The lowest BCUT2D eigenvalue weighted by Gasteiger charge is -2.03. The topological polar surface area (TPSA) is 17.1 Å². The summed E-state index contributed by atoms with van der Waals surface area (Å²) in [4.78, 5) is 11.5. The van der Waals surface area contributed by atoms with Gasteiger partial charge in [0.25, 0.3) is 0 Å². The van der Waals surface area contributed by atoms with Crippen LogP contribution in [0.2, 0.25) is 0 Å². The quantitative estimate of drug-likeness (QED) is 0.733. The zero-order chi connectivity index (χ0) is 10.7. The fourth-order valence-corrected chi connectivity index (χ4v) is 2.33. The van der Waals surface area contributed by atoms with Crippen molar-refractivity contribution in [1.82, 2.24) is 0 Å². The van der Waals surface area contributed by atoms with E-state index in [1.165, 1.54) is 36.0 Å². The minimum atomic E-state index is 0.371. The molecule has 0 aromatic heterocycles. The van der Waals surface area contributed by atoms with E-state index in [4.69, 9.17) is 0 Å². The molecule has 0 unspecified atom stereocenters. The third kappa shape index (κ3) is 2.47. The average Bonchev–Trinajstić information content (AvgIpc) is 2.65. The molecular formula is C14H18O. The van der Waals surface area contributed by atoms with Gasteiger partial charge in [-0.1, -0.05) is 25.1 Å². The van der Waals surface area contributed by atoms with E-state index in [0.29, 0.717) is 12.2 Å². The molecule has 0 heterocycles. The predicted octanol–water partition coefficient (Wildman–Crippen LogP) is 3.09. The van der Waals surface area contributed by atoms with Crippen LogP contribution in [0.15, 0.2) is 18.2 Å². The number of hydrogen-bond acceptors (Lipinski definition) is 1. The Labute approximate surface area is 91.5 Å². The van der Waals surface area contributed by atoms with Gasteiger partial charge >= 0.3 is 0 Å². The lowest BCUT2D eigenvalue weighted by Crippen LogP contribution is -2.02. The van der Waals surface area contributed by atoms with Gasteiger partial charge in [0.15, 0.2) is 0 Å². The van der Waals surface area contributed by atoms with Gasteiger partial charge in [0, 0.05) is 12.8 Å².